The molecule has 1 aliphatic heterocycles. The summed E-state index contributed by atoms with van der Waals surface area (Å²) in [7, 11) is 0. The Balaban J connectivity index is 1.90. The maximum Gasteiger partial charge on any atom is 0.226 e. The SMILES string of the molecule is CC1OC(C)C(C(=O)NC2CCC(=O)CC2)C1C. The van der Waals surface area contributed by atoms with Crippen LogP contribution in [0.3, 0.4) is 0 Å². The third kappa shape index (κ3) is 2.74. The van der Waals surface area contributed by atoms with Crippen molar-refractivity contribution in [2.45, 2.75) is 64.7 Å². The average molecular weight is 253 g/mol. The van der Waals surface area contributed by atoms with Crippen LogP contribution in [-0.4, -0.2) is 29.9 Å². The van der Waals surface area contributed by atoms with Crippen LogP contribution in [0.5, 0.6) is 0 Å². The summed E-state index contributed by atoms with van der Waals surface area (Å²) >= 11 is 0. The van der Waals surface area contributed by atoms with Gasteiger partial charge in [0.15, 0.2) is 0 Å². The van der Waals surface area contributed by atoms with Gasteiger partial charge in [-0.15, -0.1) is 0 Å². The number of nitrogens with one attached hydrogen (secondary N) is 1. The number of hydrogen-bond donors (Lipinski definition) is 1. The lowest BCUT2D eigenvalue weighted by atomic mass is 9.87. The number of ether oxygens (including phenoxy) is 1. The van der Waals surface area contributed by atoms with E-state index >= 15 is 0 Å². The molecule has 4 unspecified atom stereocenters. The average Bonchev–Trinajstić information content (AvgIpc) is 2.56. The molecular formula is C14H23NO3. The van der Waals surface area contributed by atoms with Crippen molar-refractivity contribution in [3.63, 3.8) is 0 Å². The number of Topliss-reactive ketones (excluding diaryl/α,β-unsaturated/α-hetero) is 1. The predicted molar refractivity (Wildman–Crippen MR) is 68.1 cm³/mol. The molecule has 0 radical (unpaired) electrons. The van der Waals surface area contributed by atoms with Crippen molar-refractivity contribution in [1.29, 1.82) is 0 Å². The Kier molecular flexibility index (Phi) is 4.05. The third-order valence-electron chi connectivity index (χ3n) is 4.43. The summed E-state index contributed by atoms with van der Waals surface area (Å²) in [4.78, 5) is 23.5. The van der Waals surface area contributed by atoms with Crippen molar-refractivity contribution in [3.8, 4) is 0 Å². The van der Waals surface area contributed by atoms with Crippen LogP contribution < -0.4 is 5.32 Å². The first-order chi connectivity index (χ1) is 8.49. The topological polar surface area (TPSA) is 55.4 Å². The Morgan fingerprint density at radius 2 is 1.78 bits per heavy atom. The number of carbonyl (C=O) groups is 2. The van der Waals surface area contributed by atoms with Crippen LogP contribution in [0.25, 0.3) is 0 Å². The minimum absolute atomic E-state index is 0.0137. The molecule has 1 saturated heterocycles. The van der Waals surface area contributed by atoms with Crippen LogP contribution in [0.15, 0.2) is 0 Å². The molecule has 1 N–H and O–H groups in total. The van der Waals surface area contributed by atoms with Gasteiger partial charge < -0.3 is 10.1 Å². The highest BCUT2D eigenvalue weighted by atomic mass is 16.5. The van der Waals surface area contributed by atoms with Crippen LogP contribution >= 0.6 is 0 Å². The summed E-state index contributed by atoms with van der Waals surface area (Å²) in [5.41, 5.74) is 0. The van der Waals surface area contributed by atoms with E-state index in [1.165, 1.54) is 0 Å². The molecule has 4 nitrogen and oxygen atoms in total. The zero-order chi connectivity index (χ0) is 13.3. The fourth-order valence-corrected chi connectivity index (χ4v) is 3.10. The molecular weight excluding hydrogens is 230 g/mol. The normalized spacial score (nSPS) is 37.8. The Morgan fingerprint density at radius 3 is 2.28 bits per heavy atom. The molecule has 18 heavy (non-hydrogen) atoms. The quantitative estimate of drug-likeness (QED) is 0.814. The molecule has 0 aromatic carbocycles. The first kappa shape index (κ1) is 13.5. The van der Waals surface area contributed by atoms with Crippen molar-refractivity contribution in [2.24, 2.45) is 11.8 Å². The van der Waals surface area contributed by atoms with E-state index in [-0.39, 0.29) is 36.0 Å². The second-order valence-corrected chi connectivity index (χ2v) is 5.75. The van der Waals surface area contributed by atoms with Crippen LogP contribution in [0.4, 0.5) is 0 Å². The van der Waals surface area contributed by atoms with Crippen LogP contribution in [0.1, 0.15) is 46.5 Å². The van der Waals surface area contributed by atoms with Crippen molar-refractivity contribution in [2.75, 3.05) is 0 Å². The summed E-state index contributed by atoms with van der Waals surface area (Å²) < 4.78 is 5.70. The third-order valence-corrected chi connectivity index (χ3v) is 4.43. The van der Waals surface area contributed by atoms with Gasteiger partial charge in [-0.3, -0.25) is 9.59 Å². The standard InChI is InChI=1S/C14H23NO3/c1-8-9(2)18-10(3)13(8)14(17)15-11-4-6-12(16)7-5-11/h8-11,13H,4-7H2,1-3H3,(H,15,17). The lowest BCUT2D eigenvalue weighted by Crippen LogP contribution is -2.44. The Hall–Kier alpha value is -0.900. The summed E-state index contributed by atoms with van der Waals surface area (Å²) in [5.74, 6) is 0.613. The first-order valence-corrected chi connectivity index (χ1v) is 6.96. The van der Waals surface area contributed by atoms with Gasteiger partial charge in [-0.25, -0.2) is 0 Å². The van der Waals surface area contributed by atoms with E-state index in [4.69, 9.17) is 4.74 Å². The minimum atomic E-state index is -0.0578. The summed E-state index contributed by atoms with van der Waals surface area (Å²) in [6.45, 7) is 6.06. The van der Waals surface area contributed by atoms with Gasteiger partial charge in [0.05, 0.1) is 18.1 Å². The molecule has 2 aliphatic rings. The molecule has 4 heteroatoms. The predicted octanol–water partition coefficient (Wildman–Crippen LogP) is 1.67. The maximum atomic E-state index is 12.3. The Morgan fingerprint density at radius 1 is 1.17 bits per heavy atom. The first-order valence-electron chi connectivity index (χ1n) is 6.96. The molecule has 102 valence electrons. The lowest BCUT2D eigenvalue weighted by molar-refractivity contribution is -0.129. The zero-order valence-corrected chi connectivity index (χ0v) is 11.4. The fraction of sp³-hybridized carbons (Fsp3) is 0.857. The molecule has 2 fully saturated rings. The molecule has 1 aliphatic carbocycles. The second-order valence-electron chi connectivity index (χ2n) is 5.75. The summed E-state index contributed by atoms with van der Waals surface area (Å²) in [5, 5.41) is 3.09. The largest absolute Gasteiger partial charge is 0.374 e. The fourth-order valence-electron chi connectivity index (χ4n) is 3.10. The summed E-state index contributed by atoms with van der Waals surface area (Å²) in [6.07, 6.45) is 2.91. The van der Waals surface area contributed by atoms with E-state index < -0.39 is 0 Å². The van der Waals surface area contributed by atoms with Crippen molar-refractivity contribution < 1.29 is 14.3 Å². The number of ketones is 1. The van der Waals surface area contributed by atoms with Crippen molar-refractivity contribution in [3.05, 3.63) is 0 Å². The highest BCUT2D eigenvalue weighted by Gasteiger charge is 2.42. The monoisotopic (exact) mass is 253 g/mol. The molecule has 1 saturated carbocycles. The van der Waals surface area contributed by atoms with Gasteiger partial charge in [-0.1, -0.05) is 6.92 Å². The van der Waals surface area contributed by atoms with E-state index in [2.05, 4.69) is 12.2 Å². The molecule has 2 rings (SSSR count). The molecule has 0 aromatic rings. The van der Waals surface area contributed by atoms with Gasteiger partial charge in [-0.05, 0) is 32.6 Å². The number of carbonyl (C=O) groups excluding carboxylic acids is 2. The van der Waals surface area contributed by atoms with Crippen molar-refractivity contribution in [1.82, 2.24) is 5.32 Å². The van der Waals surface area contributed by atoms with Gasteiger partial charge in [-0.2, -0.15) is 0 Å². The van der Waals surface area contributed by atoms with E-state index in [0.717, 1.165) is 12.8 Å². The van der Waals surface area contributed by atoms with Gasteiger partial charge >= 0.3 is 0 Å². The Labute approximate surface area is 108 Å². The minimum Gasteiger partial charge on any atom is -0.374 e. The highest BCUT2D eigenvalue weighted by molar-refractivity contribution is 5.82. The van der Waals surface area contributed by atoms with Crippen LogP contribution in [0, 0.1) is 11.8 Å². The molecule has 0 bridgehead atoms. The van der Waals surface area contributed by atoms with Crippen LogP contribution in [0.2, 0.25) is 0 Å². The number of hydrogen-bond acceptors (Lipinski definition) is 3. The molecule has 0 aromatic heterocycles. The van der Waals surface area contributed by atoms with Gasteiger partial charge in [0.2, 0.25) is 5.91 Å². The number of amides is 1. The van der Waals surface area contributed by atoms with Gasteiger partial charge in [0.1, 0.15) is 5.78 Å². The molecule has 0 spiro atoms. The Bertz CT molecular complexity index is 332. The highest BCUT2D eigenvalue weighted by Crippen LogP contribution is 2.32. The molecule has 4 atom stereocenters. The van der Waals surface area contributed by atoms with Gasteiger partial charge in [0.25, 0.3) is 0 Å². The molecule has 1 amide bonds. The zero-order valence-electron chi connectivity index (χ0n) is 11.4. The number of rotatable bonds is 2. The second kappa shape index (κ2) is 5.39. The van der Waals surface area contributed by atoms with E-state index in [9.17, 15) is 9.59 Å². The van der Waals surface area contributed by atoms with Gasteiger partial charge in [0, 0.05) is 18.9 Å². The van der Waals surface area contributed by atoms with E-state index in [0.29, 0.717) is 18.6 Å². The van der Waals surface area contributed by atoms with Crippen molar-refractivity contribution >= 4 is 11.7 Å². The summed E-state index contributed by atoms with van der Waals surface area (Å²) in [6, 6.07) is 0.172. The van der Waals surface area contributed by atoms with Crippen LogP contribution in [-0.2, 0) is 14.3 Å². The van der Waals surface area contributed by atoms with E-state index in [1.54, 1.807) is 0 Å². The molecule has 1 heterocycles. The lowest BCUT2D eigenvalue weighted by Gasteiger charge is -2.25. The van der Waals surface area contributed by atoms with E-state index in [1.807, 2.05) is 13.8 Å². The maximum absolute atomic E-state index is 12.3. The smallest absolute Gasteiger partial charge is 0.226 e.